The fraction of sp³-hybridized carbons (Fsp3) is 0.286. The summed E-state index contributed by atoms with van der Waals surface area (Å²) in [5.41, 5.74) is 2.84. The zero-order chi connectivity index (χ0) is 20.1. The lowest BCUT2D eigenvalue weighted by atomic mass is 10.2. The predicted octanol–water partition coefficient (Wildman–Crippen LogP) is 3.86. The number of fused-ring (bicyclic) bond motifs is 1. The van der Waals surface area contributed by atoms with Crippen molar-refractivity contribution in [2.75, 3.05) is 18.5 Å². The third-order valence-corrected chi connectivity index (χ3v) is 4.45. The van der Waals surface area contributed by atoms with Crippen LogP contribution in [-0.2, 0) is 0 Å². The van der Waals surface area contributed by atoms with Gasteiger partial charge in [0, 0.05) is 22.7 Å². The van der Waals surface area contributed by atoms with Gasteiger partial charge in [0.1, 0.15) is 5.75 Å². The number of rotatable bonds is 9. The summed E-state index contributed by atoms with van der Waals surface area (Å²) < 4.78 is 5.79. The Bertz CT molecular complexity index is 1050. The number of anilines is 2. The highest BCUT2D eigenvalue weighted by atomic mass is 16.5. The SMILES string of the molecule is CC(C)NCCCOc1ccc(-c2nc(Nc3ccc4[nH]ncc4c3)n[nH]2)cc1. The Hall–Kier alpha value is -3.39. The third-order valence-electron chi connectivity index (χ3n) is 4.45. The number of hydrogen-bond acceptors (Lipinski definition) is 6. The van der Waals surface area contributed by atoms with Crippen LogP contribution in [0.1, 0.15) is 20.3 Å². The molecule has 0 fully saturated rings. The van der Waals surface area contributed by atoms with E-state index in [4.69, 9.17) is 4.74 Å². The van der Waals surface area contributed by atoms with Gasteiger partial charge in [-0.05, 0) is 55.4 Å². The summed E-state index contributed by atoms with van der Waals surface area (Å²) in [4.78, 5) is 4.53. The molecule has 2 aromatic carbocycles. The van der Waals surface area contributed by atoms with E-state index in [0.717, 1.165) is 40.9 Å². The molecule has 4 aromatic rings. The van der Waals surface area contributed by atoms with Gasteiger partial charge in [-0.2, -0.15) is 10.1 Å². The van der Waals surface area contributed by atoms with Gasteiger partial charge in [0.05, 0.1) is 18.3 Å². The number of aromatic nitrogens is 5. The summed E-state index contributed by atoms with van der Waals surface area (Å²) in [7, 11) is 0. The summed E-state index contributed by atoms with van der Waals surface area (Å²) in [5, 5.41) is 21.8. The van der Waals surface area contributed by atoms with Crippen molar-refractivity contribution < 1.29 is 4.74 Å². The zero-order valence-corrected chi connectivity index (χ0v) is 16.6. The number of ether oxygens (including phenoxy) is 1. The van der Waals surface area contributed by atoms with Gasteiger partial charge < -0.3 is 15.4 Å². The van der Waals surface area contributed by atoms with Crippen LogP contribution >= 0.6 is 0 Å². The van der Waals surface area contributed by atoms with E-state index in [-0.39, 0.29) is 0 Å². The van der Waals surface area contributed by atoms with Crippen LogP contribution in [0.5, 0.6) is 5.75 Å². The number of H-pyrrole nitrogens is 2. The smallest absolute Gasteiger partial charge is 0.246 e. The van der Waals surface area contributed by atoms with Crippen molar-refractivity contribution in [1.29, 1.82) is 0 Å². The molecule has 4 rings (SSSR count). The molecule has 0 aliphatic carbocycles. The van der Waals surface area contributed by atoms with Crippen LogP contribution < -0.4 is 15.4 Å². The molecular formula is C21H25N7O. The molecule has 4 N–H and O–H groups in total. The van der Waals surface area contributed by atoms with Crippen LogP contribution in [0.4, 0.5) is 11.6 Å². The zero-order valence-electron chi connectivity index (χ0n) is 16.6. The second-order valence-electron chi connectivity index (χ2n) is 7.14. The topological polar surface area (TPSA) is 104 Å². The predicted molar refractivity (Wildman–Crippen MR) is 114 cm³/mol. The quantitative estimate of drug-likeness (QED) is 0.323. The number of nitrogens with one attached hydrogen (secondary N) is 4. The van der Waals surface area contributed by atoms with E-state index in [9.17, 15) is 0 Å². The first kappa shape index (κ1) is 18.9. The number of nitrogens with zero attached hydrogens (tertiary/aromatic N) is 3. The molecule has 0 amide bonds. The average Bonchev–Trinajstić information content (AvgIpc) is 3.37. The minimum Gasteiger partial charge on any atom is -0.494 e. The molecule has 29 heavy (non-hydrogen) atoms. The van der Waals surface area contributed by atoms with Crippen molar-refractivity contribution in [3.05, 3.63) is 48.7 Å². The van der Waals surface area contributed by atoms with Gasteiger partial charge in [-0.1, -0.05) is 13.8 Å². The minimum atomic E-state index is 0.504. The highest BCUT2D eigenvalue weighted by molar-refractivity contribution is 5.82. The van der Waals surface area contributed by atoms with E-state index in [1.807, 2.05) is 42.5 Å². The number of benzene rings is 2. The van der Waals surface area contributed by atoms with Crippen LogP contribution in [0.15, 0.2) is 48.7 Å². The summed E-state index contributed by atoms with van der Waals surface area (Å²) in [6.07, 6.45) is 2.76. The van der Waals surface area contributed by atoms with E-state index >= 15 is 0 Å². The third kappa shape index (κ3) is 4.91. The Morgan fingerprint density at radius 1 is 1.07 bits per heavy atom. The number of aromatic amines is 2. The Morgan fingerprint density at radius 2 is 1.93 bits per heavy atom. The molecule has 150 valence electrons. The molecule has 8 heteroatoms. The minimum absolute atomic E-state index is 0.504. The molecule has 0 aliphatic rings. The highest BCUT2D eigenvalue weighted by Crippen LogP contribution is 2.23. The van der Waals surface area contributed by atoms with E-state index in [2.05, 4.69) is 49.9 Å². The lowest BCUT2D eigenvalue weighted by molar-refractivity contribution is 0.306. The first-order valence-electron chi connectivity index (χ1n) is 9.76. The Labute approximate surface area is 169 Å². The molecule has 0 atom stereocenters. The summed E-state index contributed by atoms with van der Waals surface area (Å²) >= 11 is 0. The van der Waals surface area contributed by atoms with E-state index in [1.165, 1.54) is 0 Å². The fourth-order valence-corrected chi connectivity index (χ4v) is 2.96. The van der Waals surface area contributed by atoms with Crippen molar-refractivity contribution in [2.45, 2.75) is 26.3 Å². The standard InChI is InChI=1S/C21H25N7O/c1-14(2)22-10-3-11-29-18-7-4-15(5-8-18)20-25-21(28-27-20)24-17-6-9-19-16(12-17)13-23-26-19/h4-9,12-14,22H,3,10-11H2,1-2H3,(H,23,26)(H2,24,25,27,28). The maximum Gasteiger partial charge on any atom is 0.246 e. The molecule has 0 bridgehead atoms. The maximum atomic E-state index is 5.79. The molecule has 2 aromatic heterocycles. The van der Waals surface area contributed by atoms with Crippen molar-refractivity contribution in [3.8, 4) is 17.1 Å². The fourth-order valence-electron chi connectivity index (χ4n) is 2.96. The molecule has 0 unspecified atom stereocenters. The van der Waals surface area contributed by atoms with Crippen LogP contribution in [0, 0.1) is 0 Å². The van der Waals surface area contributed by atoms with Crippen LogP contribution in [-0.4, -0.2) is 44.6 Å². The van der Waals surface area contributed by atoms with Gasteiger partial charge in [0.2, 0.25) is 5.95 Å². The Balaban J connectivity index is 1.33. The molecule has 0 aliphatic heterocycles. The monoisotopic (exact) mass is 391 g/mol. The van der Waals surface area contributed by atoms with Gasteiger partial charge in [0.15, 0.2) is 5.82 Å². The van der Waals surface area contributed by atoms with E-state index in [0.29, 0.717) is 24.4 Å². The largest absolute Gasteiger partial charge is 0.494 e. The van der Waals surface area contributed by atoms with Gasteiger partial charge in [-0.25, -0.2) is 0 Å². The summed E-state index contributed by atoms with van der Waals surface area (Å²) in [6, 6.07) is 14.3. The molecule has 0 saturated heterocycles. The number of hydrogen-bond donors (Lipinski definition) is 4. The summed E-state index contributed by atoms with van der Waals surface area (Å²) in [6.45, 7) is 5.93. The maximum absolute atomic E-state index is 5.79. The molecule has 0 saturated carbocycles. The highest BCUT2D eigenvalue weighted by Gasteiger charge is 2.07. The van der Waals surface area contributed by atoms with Gasteiger partial charge in [0.25, 0.3) is 0 Å². The van der Waals surface area contributed by atoms with Crippen molar-refractivity contribution >= 4 is 22.5 Å². The lowest BCUT2D eigenvalue weighted by Gasteiger charge is -2.09. The van der Waals surface area contributed by atoms with Crippen molar-refractivity contribution in [1.82, 2.24) is 30.7 Å². The van der Waals surface area contributed by atoms with Crippen LogP contribution in [0.2, 0.25) is 0 Å². The molecule has 0 spiro atoms. The summed E-state index contributed by atoms with van der Waals surface area (Å²) in [5.74, 6) is 2.06. The Kier molecular flexibility index (Phi) is 5.71. The van der Waals surface area contributed by atoms with Gasteiger partial charge >= 0.3 is 0 Å². The first-order valence-corrected chi connectivity index (χ1v) is 9.76. The second kappa shape index (κ2) is 8.74. The van der Waals surface area contributed by atoms with Crippen LogP contribution in [0.3, 0.4) is 0 Å². The van der Waals surface area contributed by atoms with Gasteiger partial charge in [-0.15, -0.1) is 5.10 Å². The first-order chi connectivity index (χ1) is 14.2. The van der Waals surface area contributed by atoms with Crippen molar-refractivity contribution in [3.63, 3.8) is 0 Å². The second-order valence-corrected chi connectivity index (χ2v) is 7.14. The Morgan fingerprint density at radius 3 is 2.76 bits per heavy atom. The van der Waals surface area contributed by atoms with Crippen LogP contribution in [0.25, 0.3) is 22.3 Å². The van der Waals surface area contributed by atoms with E-state index < -0.39 is 0 Å². The lowest BCUT2D eigenvalue weighted by Crippen LogP contribution is -2.24. The normalized spacial score (nSPS) is 11.3. The molecular weight excluding hydrogens is 366 g/mol. The average molecular weight is 391 g/mol. The molecule has 2 heterocycles. The molecule has 8 nitrogen and oxygen atoms in total. The molecule has 0 radical (unpaired) electrons. The van der Waals surface area contributed by atoms with Gasteiger partial charge in [-0.3, -0.25) is 10.2 Å². The van der Waals surface area contributed by atoms with E-state index in [1.54, 1.807) is 6.20 Å². The van der Waals surface area contributed by atoms with Crippen molar-refractivity contribution in [2.24, 2.45) is 0 Å².